The second kappa shape index (κ2) is 6.61. The van der Waals surface area contributed by atoms with Gasteiger partial charge in [0.25, 0.3) is 0 Å². The fraction of sp³-hybridized carbons (Fsp3) is 0.0769. The van der Waals surface area contributed by atoms with Crippen LogP contribution in [0.1, 0.15) is 0 Å². The first-order chi connectivity index (χ1) is 8.24. The first-order valence-electron chi connectivity index (χ1n) is 5.21. The maximum atomic E-state index is 5.56. The van der Waals surface area contributed by atoms with Gasteiger partial charge in [-0.3, -0.25) is 0 Å². The minimum absolute atomic E-state index is 0. The zero-order valence-electron chi connectivity index (χ0n) is 9.71. The van der Waals surface area contributed by atoms with E-state index in [1.54, 1.807) is 48.5 Å². The Labute approximate surface area is 112 Å². The molecule has 0 spiro atoms. The lowest BCUT2D eigenvalue weighted by atomic mass is 10.3. The molecule has 0 aromatic heterocycles. The fourth-order valence-electron chi connectivity index (χ4n) is 1.29. The molecule has 0 bridgehead atoms. The molecule has 0 amide bonds. The standard InChI is InChI=1S/C13H14N2O2.ClH/c14-10-1-5-12(6-2-10)16-9-17-13-7-3-11(15)4-8-13;/h1-8H,9,14-15H2;1H. The summed E-state index contributed by atoms with van der Waals surface area (Å²) in [5.74, 6) is 1.43. The average molecular weight is 267 g/mol. The molecule has 0 fully saturated rings. The van der Waals surface area contributed by atoms with Gasteiger partial charge in [0.1, 0.15) is 11.5 Å². The van der Waals surface area contributed by atoms with Gasteiger partial charge in [0.05, 0.1) is 0 Å². The number of nitrogen functional groups attached to an aromatic ring is 2. The van der Waals surface area contributed by atoms with Crippen molar-refractivity contribution in [1.82, 2.24) is 0 Å². The van der Waals surface area contributed by atoms with E-state index in [4.69, 9.17) is 20.9 Å². The minimum Gasteiger partial charge on any atom is -0.458 e. The van der Waals surface area contributed by atoms with Crippen LogP contribution in [0.15, 0.2) is 48.5 Å². The largest absolute Gasteiger partial charge is 0.458 e. The van der Waals surface area contributed by atoms with E-state index in [9.17, 15) is 0 Å². The monoisotopic (exact) mass is 266 g/mol. The quantitative estimate of drug-likeness (QED) is 0.659. The van der Waals surface area contributed by atoms with Crippen LogP contribution in [0, 0.1) is 0 Å². The Hall–Kier alpha value is -2.07. The lowest BCUT2D eigenvalue weighted by Crippen LogP contribution is -2.05. The fourth-order valence-corrected chi connectivity index (χ4v) is 1.29. The van der Waals surface area contributed by atoms with Crippen LogP contribution in [0.25, 0.3) is 0 Å². The highest BCUT2D eigenvalue weighted by atomic mass is 35.5. The highest BCUT2D eigenvalue weighted by Crippen LogP contribution is 2.15. The summed E-state index contributed by atoms with van der Waals surface area (Å²) < 4.78 is 10.8. The third kappa shape index (κ3) is 4.07. The van der Waals surface area contributed by atoms with E-state index in [1.807, 2.05) is 0 Å². The Balaban J connectivity index is 0.00000162. The molecule has 0 aliphatic carbocycles. The third-order valence-electron chi connectivity index (χ3n) is 2.21. The second-order valence-corrected chi connectivity index (χ2v) is 3.54. The number of hydrogen-bond donors (Lipinski definition) is 2. The average Bonchev–Trinajstić information content (AvgIpc) is 2.34. The molecule has 0 saturated carbocycles. The van der Waals surface area contributed by atoms with Gasteiger partial charge in [0.2, 0.25) is 6.79 Å². The molecular weight excluding hydrogens is 252 g/mol. The van der Waals surface area contributed by atoms with E-state index < -0.39 is 0 Å². The van der Waals surface area contributed by atoms with Gasteiger partial charge in [0, 0.05) is 11.4 Å². The van der Waals surface area contributed by atoms with Gasteiger partial charge in [-0.15, -0.1) is 12.4 Å². The summed E-state index contributed by atoms with van der Waals surface area (Å²) in [6.45, 7) is 0.147. The van der Waals surface area contributed by atoms with Crippen LogP contribution in [0.4, 0.5) is 11.4 Å². The highest BCUT2D eigenvalue weighted by molar-refractivity contribution is 5.85. The van der Waals surface area contributed by atoms with Crippen LogP contribution >= 0.6 is 12.4 Å². The molecule has 5 heteroatoms. The number of hydrogen-bond acceptors (Lipinski definition) is 4. The molecule has 2 aromatic rings. The summed E-state index contributed by atoms with van der Waals surface area (Å²) in [4.78, 5) is 0. The Morgan fingerprint density at radius 3 is 1.33 bits per heavy atom. The van der Waals surface area contributed by atoms with Crippen LogP contribution in [-0.2, 0) is 0 Å². The zero-order valence-corrected chi connectivity index (χ0v) is 10.5. The Morgan fingerprint density at radius 1 is 0.667 bits per heavy atom. The molecular formula is C13H15ClN2O2. The van der Waals surface area contributed by atoms with Gasteiger partial charge in [-0.1, -0.05) is 0 Å². The molecule has 0 atom stereocenters. The van der Waals surface area contributed by atoms with E-state index in [0.717, 1.165) is 11.5 Å². The van der Waals surface area contributed by atoms with Crippen LogP contribution in [0.5, 0.6) is 11.5 Å². The number of halogens is 1. The molecule has 0 aliphatic heterocycles. The second-order valence-electron chi connectivity index (χ2n) is 3.54. The lowest BCUT2D eigenvalue weighted by Gasteiger charge is -2.08. The van der Waals surface area contributed by atoms with E-state index >= 15 is 0 Å². The van der Waals surface area contributed by atoms with E-state index in [2.05, 4.69) is 0 Å². The number of nitrogens with two attached hydrogens (primary N) is 2. The van der Waals surface area contributed by atoms with Crippen LogP contribution in [0.3, 0.4) is 0 Å². The summed E-state index contributed by atoms with van der Waals surface area (Å²) in [5.41, 5.74) is 12.5. The molecule has 0 heterocycles. The van der Waals surface area contributed by atoms with Crippen LogP contribution in [0.2, 0.25) is 0 Å². The molecule has 18 heavy (non-hydrogen) atoms. The first kappa shape index (κ1) is 14.0. The predicted molar refractivity (Wildman–Crippen MR) is 75.1 cm³/mol. The maximum Gasteiger partial charge on any atom is 0.230 e. The zero-order chi connectivity index (χ0) is 12.1. The smallest absolute Gasteiger partial charge is 0.230 e. The van der Waals surface area contributed by atoms with Crippen molar-refractivity contribution in [2.45, 2.75) is 0 Å². The van der Waals surface area contributed by atoms with Crippen molar-refractivity contribution in [1.29, 1.82) is 0 Å². The summed E-state index contributed by atoms with van der Waals surface area (Å²) >= 11 is 0. The van der Waals surface area contributed by atoms with Crippen molar-refractivity contribution in [3.05, 3.63) is 48.5 Å². The molecule has 0 radical (unpaired) electrons. The molecule has 0 unspecified atom stereocenters. The van der Waals surface area contributed by atoms with Gasteiger partial charge in [-0.2, -0.15) is 0 Å². The number of anilines is 2. The SMILES string of the molecule is Cl.Nc1ccc(OCOc2ccc(N)cc2)cc1. The Morgan fingerprint density at radius 2 is 1.00 bits per heavy atom. The third-order valence-corrected chi connectivity index (χ3v) is 2.21. The molecule has 2 rings (SSSR count). The molecule has 96 valence electrons. The topological polar surface area (TPSA) is 70.5 Å². The molecule has 2 aromatic carbocycles. The lowest BCUT2D eigenvalue weighted by molar-refractivity contribution is 0.120. The maximum absolute atomic E-state index is 5.56. The normalized spacial score (nSPS) is 9.33. The van der Waals surface area contributed by atoms with Crippen LogP contribution < -0.4 is 20.9 Å². The summed E-state index contributed by atoms with van der Waals surface area (Å²) in [5, 5.41) is 0. The Kier molecular flexibility index (Phi) is 5.14. The summed E-state index contributed by atoms with van der Waals surface area (Å²) in [6, 6.07) is 14.3. The summed E-state index contributed by atoms with van der Waals surface area (Å²) in [6.07, 6.45) is 0. The van der Waals surface area contributed by atoms with Gasteiger partial charge in [0.15, 0.2) is 0 Å². The van der Waals surface area contributed by atoms with Crippen molar-refractivity contribution < 1.29 is 9.47 Å². The van der Waals surface area contributed by atoms with Crippen molar-refractivity contribution in [3.8, 4) is 11.5 Å². The van der Waals surface area contributed by atoms with Gasteiger partial charge >= 0.3 is 0 Å². The van der Waals surface area contributed by atoms with E-state index in [0.29, 0.717) is 11.4 Å². The summed E-state index contributed by atoms with van der Waals surface area (Å²) in [7, 11) is 0. The van der Waals surface area contributed by atoms with Gasteiger partial charge in [-0.05, 0) is 48.5 Å². The van der Waals surface area contributed by atoms with Gasteiger partial charge in [-0.25, -0.2) is 0 Å². The molecule has 4 nitrogen and oxygen atoms in total. The van der Waals surface area contributed by atoms with E-state index in [1.165, 1.54) is 0 Å². The van der Waals surface area contributed by atoms with Crippen molar-refractivity contribution >= 4 is 23.8 Å². The molecule has 0 saturated heterocycles. The highest BCUT2D eigenvalue weighted by Gasteiger charge is 1.95. The number of rotatable bonds is 4. The predicted octanol–water partition coefficient (Wildman–Crippen LogP) is 2.69. The van der Waals surface area contributed by atoms with Crippen molar-refractivity contribution in [2.24, 2.45) is 0 Å². The van der Waals surface area contributed by atoms with Crippen LogP contribution in [-0.4, -0.2) is 6.79 Å². The number of benzene rings is 2. The van der Waals surface area contributed by atoms with Crippen molar-refractivity contribution in [3.63, 3.8) is 0 Å². The van der Waals surface area contributed by atoms with Crippen molar-refractivity contribution in [2.75, 3.05) is 18.3 Å². The number of ether oxygens (including phenoxy) is 2. The molecule has 0 aliphatic rings. The van der Waals surface area contributed by atoms with Gasteiger partial charge < -0.3 is 20.9 Å². The van der Waals surface area contributed by atoms with E-state index in [-0.39, 0.29) is 19.2 Å². The Bertz CT molecular complexity index is 426. The minimum atomic E-state index is 0. The molecule has 4 N–H and O–H groups in total. The first-order valence-corrected chi connectivity index (χ1v) is 5.21.